The van der Waals surface area contributed by atoms with Crippen LogP contribution in [0.25, 0.3) is 0 Å². The molecule has 1 atom stereocenters. The Balaban J connectivity index is 2.10. The number of rotatable bonds is 8. The maximum Gasteiger partial charge on any atom is 0.293 e. The summed E-state index contributed by atoms with van der Waals surface area (Å²) < 4.78 is 12.2. The van der Waals surface area contributed by atoms with Gasteiger partial charge in [0.05, 0.1) is 13.2 Å². The van der Waals surface area contributed by atoms with E-state index in [4.69, 9.17) is 9.47 Å². The first kappa shape index (κ1) is 18.6. The Hall–Kier alpha value is -2.76. The Bertz CT molecular complexity index is 753. The number of nitrogens with one attached hydrogen (secondary N) is 1. The second-order valence-corrected chi connectivity index (χ2v) is 5.56. The van der Waals surface area contributed by atoms with Gasteiger partial charge < -0.3 is 19.4 Å². The maximum atomic E-state index is 12.5. The number of hydrogen-bond acceptors (Lipinski definition) is 4. The van der Waals surface area contributed by atoms with Crippen molar-refractivity contribution in [3.05, 3.63) is 52.9 Å². The van der Waals surface area contributed by atoms with E-state index in [1.165, 1.54) is 4.57 Å². The maximum absolute atomic E-state index is 12.5. The number of aromatic nitrogens is 1. The van der Waals surface area contributed by atoms with Gasteiger partial charge in [0.1, 0.15) is 11.8 Å². The molecule has 1 heterocycles. The van der Waals surface area contributed by atoms with Crippen LogP contribution in [-0.4, -0.2) is 23.7 Å². The molecular weight excluding hydrogens is 320 g/mol. The Kier molecular flexibility index (Phi) is 6.62. The van der Waals surface area contributed by atoms with Crippen molar-refractivity contribution in [2.24, 2.45) is 0 Å². The zero-order chi connectivity index (χ0) is 18.2. The minimum absolute atomic E-state index is 0.255. The number of benzene rings is 1. The summed E-state index contributed by atoms with van der Waals surface area (Å²) >= 11 is 0. The summed E-state index contributed by atoms with van der Waals surface area (Å²) in [6.07, 6.45) is 2.39. The van der Waals surface area contributed by atoms with Crippen molar-refractivity contribution in [2.75, 3.05) is 18.5 Å². The number of carbonyl (C=O) groups is 1. The van der Waals surface area contributed by atoms with Gasteiger partial charge in [0.15, 0.2) is 5.75 Å². The molecule has 0 radical (unpaired) electrons. The van der Waals surface area contributed by atoms with Gasteiger partial charge in [-0.1, -0.05) is 6.92 Å². The summed E-state index contributed by atoms with van der Waals surface area (Å²) in [7, 11) is 0. The number of pyridine rings is 1. The van der Waals surface area contributed by atoms with E-state index in [2.05, 4.69) is 5.32 Å². The topological polar surface area (TPSA) is 69.6 Å². The summed E-state index contributed by atoms with van der Waals surface area (Å²) in [4.78, 5) is 24.9. The van der Waals surface area contributed by atoms with Gasteiger partial charge in [-0.05, 0) is 56.7 Å². The summed E-state index contributed by atoms with van der Waals surface area (Å²) in [5, 5.41) is 2.80. The summed E-state index contributed by atoms with van der Waals surface area (Å²) in [6.45, 7) is 6.60. The highest BCUT2D eigenvalue weighted by atomic mass is 16.5. The molecule has 25 heavy (non-hydrogen) atoms. The molecule has 2 rings (SSSR count). The van der Waals surface area contributed by atoms with Crippen molar-refractivity contribution in [1.29, 1.82) is 0 Å². The van der Waals surface area contributed by atoms with Crippen LogP contribution in [0.2, 0.25) is 0 Å². The van der Waals surface area contributed by atoms with E-state index in [9.17, 15) is 9.59 Å². The third kappa shape index (κ3) is 4.86. The first-order chi connectivity index (χ1) is 12.1. The van der Waals surface area contributed by atoms with Crippen LogP contribution in [0.3, 0.4) is 0 Å². The molecule has 0 saturated heterocycles. The smallest absolute Gasteiger partial charge is 0.293 e. The standard InChI is InChI=1S/C19H24N2O4/c1-4-13-25-17-7-6-12-21(19(17)23)14(3)18(22)20-15-8-10-16(11-9-15)24-5-2/h6-12,14H,4-5,13H2,1-3H3,(H,20,22). The molecule has 0 fully saturated rings. The molecule has 6 nitrogen and oxygen atoms in total. The summed E-state index contributed by atoms with van der Waals surface area (Å²) in [6, 6.07) is 9.76. The number of nitrogens with zero attached hydrogens (tertiary/aromatic N) is 1. The lowest BCUT2D eigenvalue weighted by atomic mass is 10.2. The van der Waals surface area contributed by atoms with E-state index in [-0.39, 0.29) is 17.2 Å². The van der Waals surface area contributed by atoms with Gasteiger partial charge in [-0.25, -0.2) is 0 Å². The van der Waals surface area contributed by atoms with E-state index in [0.717, 1.165) is 12.2 Å². The number of anilines is 1. The van der Waals surface area contributed by atoms with Crippen LogP contribution >= 0.6 is 0 Å². The van der Waals surface area contributed by atoms with Crippen LogP contribution in [0.1, 0.15) is 33.2 Å². The highest BCUT2D eigenvalue weighted by Gasteiger charge is 2.18. The Morgan fingerprint density at radius 1 is 1.16 bits per heavy atom. The normalized spacial score (nSPS) is 11.6. The second-order valence-electron chi connectivity index (χ2n) is 5.56. The monoisotopic (exact) mass is 344 g/mol. The van der Waals surface area contributed by atoms with E-state index in [0.29, 0.717) is 18.9 Å². The summed E-state index contributed by atoms with van der Waals surface area (Å²) in [5.41, 5.74) is 0.331. The Morgan fingerprint density at radius 3 is 2.52 bits per heavy atom. The molecule has 1 aromatic carbocycles. The van der Waals surface area contributed by atoms with Gasteiger partial charge in [0.25, 0.3) is 5.56 Å². The van der Waals surface area contributed by atoms with Crippen molar-refractivity contribution in [1.82, 2.24) is 4.57 Å². The molecule has 2 aromatic rings. The molecule has 0 spiro atoms. The number of amides is 1. The van der Waals surface area contributed by atoms with E-state index >= 15 is 0 Å². The van der Waals surface area contributed by atoms with Gasteiger partial charge in [-0.15, -0.1) is 0 Å². The molecule has 1 unspecified atom stereocenters. The van der Waals surface area contributed by atoms with Crippen molar-refractivity contribution >= 4 is 11.6 Å². The fourth-order valence-electron chi connectivity index (χ4n) is 2.29. The lowest BCUT2D eigenvalue weighted by Gasteiger charge is -2.16. The van der Waals surface area contributed by atoms with Crippen molar-refractivity contribution in [3.63, 3.8) is 0 Å². The lowest BCUT2D eigenvalue weighted by Crippen LogP contribution is -2.31. The van der Waals surface area contributed by atoms with Gasteiger partial charge in [0.2, 0.25) is 5.91 Å². The van der Waals surface area contributed by atoms with Gasteiger partial charge in [0, 0.05) is 11.9 Å². The number of carbonyl (C=O) groups excluding carboxylic acids is 1. The van der Waals surface area contributed by atoms with Crippen molar-refractivity contribution in [3.8, 4) is 11.5 Å². The molecule has 0 bridgehead atoms. The molecule has 0 aliphatic heterocycles. The average Bonchev–Trinajstić information content (AvgIpc) is 2.62. The van der Waals surface area contributed by atoms with Crippen LogP contribution in [0.15, 0.2) is 47.4 Å². The quantitative estimate of drug-likeness (QED) is 0.798. The van der Waals surface area contributed by atoms with Crippen LogP contribution in [0.5, 0.6) is 11.5 Å². The fraction of sp³-hybridized carbons (Fsp3) is 0.368. The Morgan fingerprint density at radius 2 is 1.88 bits per heavy atom. The van der Waals surface area contributed by atoms with Crippen LogP contribution in [-0.2, 0) is 4.79 Å². The fourth-order valence-corrected chi connectivity index (χ4v) is 2.29. The van der Waals surface area contributed by atoms with Gasteiger partial charge in [-0.3, -0.25) is 9.59 Å². The Labute approximate surface area is 147 Å². The second kappa shape index (κ2) is 8.92. The molecule has 1 aromatic heterocycles. The highest BCUT2D eigenvalue weighted by molar-refractivity contribution is 5.93. The third-order valence-corrected chi connectivity index (χ3v) is 3.63. The van der Waals surface area contributed by atoms with E-state index in [1.807, 2.05) is 13.8 Å². The highest BCUT2D eigenvalue weighted by Crippen LogP contribution is 2.17. The van der Waals surface area contributed by atoms with Crippen LogP contribution in [0.4, 0.5) is 5.69 Å². The van der Waals surface area contributed by atoms with Crippen molar-refractivity contribution < 1.29 is 14.3 Å². The largest absolute Gasteiger partial charge is 0.494 e. The molecule has 6 heteroatoms. The number of hydrogen-bond donors (Lipinski definition) is 1. The number of ether oxygens (including phenoxy) is 2. The molecule has 0 aliphatic rings. The first-order valence-corrected chi connectivity index (χ1v) is 8.44. The zero-order valence-electron chi connectivity index (χ0n) is 14.8. The predicted molar refractivity (Wildman–Crippen MR) is 97.4 cm³/mol. The van der Waals surface area contributed by atoms with Gasteiger partial charge >= 0.3 is 0 Å². The average molecular weight is 344 g/mol. The van der Waals surface area contributed by atoms with Gasteiger partial charge in [-0.2, -0.15) is 0 Å². The van der Waals surface area contributed by atoms with Crippen LogP contribution < -0.4 is 20.3 Å². The lowest BCUT2D eigenvalue weighted by molar-refractivity contribution is -0.118. The molecule has 1 N–H and O–H groups in total. The predicted octanol–water partition coefficient (Wildman–Crippen LogP) is 3.24. The molecule has 1 amide bonds. The molecule has 0 saturated carbocycles. The third-order valence-electron chi connectivity index (χ3n) is 3.63. The first-order valence-electron chi connectivity index (χ1n) is 8.44. The molecule has 134 valence electrons. The van der Waals surface area contributed by atoms with Crippen LogP contribution in [0, 0.1) is 0 Å². The minimum Gasteiger partial charge on any atom is -0.494 e. The minimum atomic E-state index is -0.663. The SMILES string of the molecule is CCCOc1cccn(C(C)C(=O)Nc2ccc(OCC)cc2)c1=O. The van der Waals surface area contributed by atoms with E-state index in [1.54, 1.807) is 49.5 Å². The van der Waals surface area contributed by atoms with E-state index < -0.39 is 6.04 Å². The zero-order valence-corrected chi connectivity index (χ0v) is 14.8. The summed E-state index contributed by atoms with van der Waals surface area (Å²) in [5.74, 6) is 0.717. The molecular formula is C19H24N2O4. The van der Waals surface area contributed by atoms with Crippen molar-refractivity contribution in [2.45, 2.75) is 33.2 Å². The molecule has 0 aliphatic carbocycles.